The molecule has 0 saturated heterocycles. The number of halogens is 1. The number of anilines is 1. The molecule has 2 aromatic carbocycles. The third kappa shape index (κ3) is 4.88. The predicted molar refractivity (Wildman–Crippen MR) is 115 cm³/mol. The summed E-state index contributed by atoms with van der Waals surface area (Å²) in [6.45, 7) is 7.43. The summed E-state index contributed by atoms with van der Waals surface area (Å²) in [4.78, 5) is 28.3. The van der Waals surface area contributed by atoms with E-state index in [4.69, 9.17) is 0 Å². The number of aryl methyl sites for hydroxylation is 1. The number of hydrogen-bond acceptors (Lipinski definition) is 5. The van der Waals surface area contributed by atoms with E-state index in [0.717, 1.165) is 17.1 Å². The first-order chi connectivity index (χ1) is 14.2. The Morgan fingerprint density at radius 1 is 1.10 bits per heavy atom. The molecule has 0 bridgehead atoms. The molecule has 1 unspecified atom stereocenters. The van der Waals surface area contributed by atoms with Gasteiger partial charge in [0, 0.05) is 16.6 Å². The molecule has 1 heterocycles. The zero-order chi connectivity index (χ0) is 21.9. The average molecular weight is 427 g/mol. The minimum atomic E-state index is -1.03. The Labute approximate surface area is 178 Å². The maximum atomic E-state index is 13.6. The number of para-hydroxylation sites is 1. The van der Waals surface area contributed by atoms with Crippen LogP contribution in [0.1, 0.15) is 48.4 Å². The first-order valence-electron chi connectivity index (χ1n) is 9.41. The summed E-state index contributed by atoms with van der Waals surface area (Å²) in [7, 11) is 0. The second-order valence-electron chi connectivity index (χ2n) is 7.95. The lowest BCUT2D eigenvalue weighted by Gasteiger charge is -2.34. The van der Waals surface area contributed by atoms with Crippen LogP contribution in [0.25, 0.3) is 0 Å². The molecule has 0 aliphatic carbocycles. The maximum absolute atomic E-state index is 13.6. The maximum Gasteiger partial charge on any atom is 0.280 e. The summed E-state index contributed by atoms with van der Waals surface area (Å²) < 4.78 is 17.4. The lowest BCUT2D eigenvalue weighted by atomic mass is 9.99. The predicted octanol–water partition coefficient (Wildman–Crippen LogP) is 4.29. The van der Waals surface area contributed by atoms with Crippen molar-refractivity contribution in [3.8, 4) is 0 Å². The molecule has 30 heavy (non-hydrogen) atoms. The van der Waals surface area contributed by atoms with Crippen molar-refractivity contribution in [2.24, 2.45) is 0 Å². The largest absolute Gasteiger partial charge is 0.349 e. The molecule has 6 nitrogen and oxygen atoms in total. The third-order valence-corrected chi connectivity index (χ3v) is 4.87. The van der Waals surface area contributed by atoms with E-state index in [0.29, 0.717) is 11.3 Å². The Balaban J connectivity index is 2.19. The molecule has 3 aromatic rings. The van der Waals surface area contributed by atoms with E-state index >= 15 is 0 Å². The van der Waals surface area contributed by atoms with Crippen molar-refractivity contribution < 1.29 is 14.0 Å². The van der Waals surface area contributed by atoms with Crippen LogP contribution >= 0.6 is 11.5 Å². The van der Waals surface area contributed by atoms with E-state index in [9.17, 15) is 14.0 Å². The number of hydrogen-bond donors (Lipinski definition) is 1. The number of nitrogens with one attached hydrogen (secondary N) is 1. The van der Waals surface area contributed by atoms with Crippen LogP contribution in [0, 0.1) is 12.7 Å². The first kappa shape index (κ1) is 21.6. The fourth-order valence-corrected chi connectivity index (χ4v) is 3.51. The van der Waals surface area contributed by atoms with Gasteiger partial charge in [0.25, 0.3) is 5.91 Å². The summed E-state index contributed by atoms with van der Waals surface area (Å²) in [5, 5.41) is 8.38. The third-order valence-electron chi connectivity index (χ3n) is 4.36. The van der Waals surface area contributed by atoms with Gasteiger partial charge < -0.3 is 5.32 Å². The zero-order valence-corrected chi connectivity index (χ0v) is 18.0. The van der Waals surface area contributed by atoms with Crippen molar-refractivity contribution in [3.63, 3.8) is 0 Å². The van der Waals surface area contributed by atoms with E-state index in [1.165, 1.54) is 34.5 Å². The van der Waals surface area contributed by atoms with E-state index in [-0.39, 0.29) is 11.6 Å². The van der Waals surface area contributed by atoms with Gasteiger partial charge in [-0.2, -0.15) is 0 Å². The lowest BCUT2D eigenvalue weighted by Crippen LogP contribution is -2.49. The van der Waals surface area contributed by atoms with E-state index in [1.807, 2.05) is 39.8 Å². The van der Waals surface area contributed by atoms with Gasteiger partial charge in [-0.1, -0.05) is 34.8 Å². The number of aromatic nitrogens is 2. The van der Waals surface area contributed by atoms with Crippen LogP contribution in [0.4, 0.5) is 10.1 Å². The standard InChI is InChI=1S/C22H23FN4O2S/c1-14-7-5-6-8-18(14)27(21(29)17-13-30-26-25-17)19(20(28)24-22(2,3)4)15-9-11-16(23)12-10-15/h5-13,19H,1-4H3,(H,24,28). The van der Waals surface area contributed by atoms with E-state index in [1.54, 1.807) is 12.1 Å². The average Bonchev–Trinajstić information content (AvgIpc) is 3.21. The molecule has 1 aromatic heterocycles. The molecule has 156 valence electrons. The molecule has 1 N–H and O–H groups in total. The number of rotatable bonds is 5. The van der Waals surface area contributed by atoms with Crippen LogP contribution in [0.3, 0.4) is 0 Å². The molecule has 0 saturated carbocycles. The molecular formula is C22H23FN4O2S. The molecule has 0 aliphatic rings. The molecule has 8 heteroatoms. The van der Waals surface area contributed by atoms with Gasteiger partial charge in [0.2, 0.25) is 5.91 Å². The quantitative estimate of drug-likeness (QED) is 0.660. The Kier molecular flexibility index (Phi) is 6.26. The normalized spacial score (nSPS) is 12.3. The van der Waals surface area contributed by atoms with Crippen LogP contribution in [0.5, 0.6) is 0 Å². The van der Waals surface area contributed by atoms with Crippen LogP contribution < -0.4 is 10.2 Å². The van der Waals surface area contributed by atoms with Gasteiger partial charge in [-0.15, -0.1) is 5.10 Å². The highest BCUT2D eigenvalue weighted by Gasteiger charge is 2.36. The van der Waals surface area contributed by atoms with Crippen LogP contribution in [0.2, 0.25) is 0 Å². The van der Waals surface area contributed by atoms with Crippen molar-refractivity contribution in [3.05, 3.63) is 76.5 Å². The van der Waals surface area contributed by atoms with Gasteiger partial charge >= 0.3 is 0 Å². The molecule has 1 atom stereocenters. The van der Waals surface area contributed by atoms with Gasteiger partial charge in [0.1, 0.15) is 11.9 Å². The Morgan fingerprint density at radius 2 is 1.77 bits per heavy atom. The van der Waals surface area contributed by atoms with Gasteiger partial charge in [-0.05, 0) is 68.6 Å². The Morgan fingerprint density at radius 3 is 2.33 bits per heavy atom. The Hall–Kier alpha value is -3.13. The molecule has 2 amide bonds. The van der Waals surface area contributed by atoms with Crippen molar-refractivity contribution in [1.29, 1.82) is 0 Å². The van der Waals surface area contributed by atoms with Crippen molar-refractivity contribution in [1.82, 2.24) is 14.9 Å². The van der Waals surface area contributed by atoms with Gasteiger partial charge in [-0.25, -0.2) is 4.39 Å². The van der Waals surface area contributed by atoms with Crippen LogP contribution in [-0.4, -0.2) is 26.9 Å². The SMILES string of the molecule is Cc1ccccc1N(C(=O)c1csnn1)C(C(=O)NC(C)(C)C)c1ccc(F)cc1. The number of amides is 2. The molecule has 0 aliphatic heterocycles. The van der Waals surface area contributed by atoms with Gasteiger partial charge in [0.15, 0.2) is 5.69 Å². The lowest BCUT2D eigenvalue weighted by molar-refractivity contribution is -0.123. The highest BCUT2D eigenvalue weighted by atomic mass is 32.1. The minimum absolute atomic E-state index is 0.138. The van der Waals surface area contributed by atoms with Crippen LogP contribution in [0.15, 0.2) is 53.9 Å². The Bertz CT molecular complexity index is 1030. The smallest absolute Gasteiger partial charge is 0.280 e. The molecule has 0 radical (unpaired) electrons. The molecule has 0 fully saturated rings. The first-order valence-corrected chi connectivity index (χ1v) is 10.2. The molecule has 0 spiro atoms. The van der Waals surface area contributed by atoms with E-state index in [2.05, 4.69) is 14.9 Å². The second-order valence-corrected chi connectivity index (χ2v) is 8.55. The fraction of sp³-hybridized carbons (Fsp3) is 0.273. The zero-order valence-electron chi connectivity index (χ0n) is 17.2. The monoisotopic (exact) mass is 426 g/mol. The number of carbonyl (C=O) groups excluding carboxylic acids is 2. The number of benzene rings is 2. The van der Waals surface area contributed by atoms with Crippen LogP contribution in [-0.2, 0) is 4.79 Å². The summed E-state index contributed by atoms with van der Waals surface area (Å²) in [5.41, 5.74) is 1.47. The molecule has 3 rings (SSSR count). The summed E-state index contributed by atoms with van der Waals surface area (Å²) in [6.07, 6.45) is 0. The van der Waals surface area contributed by atoms with Crippen molar-refractivity contribution >= 4 is 29.0 Å². The fourth-order valence-electron chi connectivity index (χ4n) is 3.08. The summed E-state index contributed by atoms with van der Waals surface area (Å²) in [5.74, 6) is -1.27. The second kappa shape index (κ2) is 8.71. The van der Waals surface area contributed by atoms with Crippen molar-refractivity contribution in [2.75, 3.05) is 4.90 Å². The molecular weight excluding hydrogens is 403 g/mol. The van der Waals surface area contributed by atoms with Gasteiger partial charge in [0.05, 0.1) is 0 Å². The summed E-state index contributed by atoms with van der Waals surface area (Å²) in [6, 6.07) is 11.8. The topological polar surface area (TPSA) is 75.2 Å². The number of carbonyl (C=O) groups is 2. The highest BCUT2D eigenvalue weighted by Crippen LogP contribution is 2.32. The minimum Gasteiger partial charge on any atom is -0.349 e. The number of nitrogens with zero attached hydrogens (tertiary/aromatic N) is 3. The van der Waals surface area contributed by atoms with Gasteiger partial charge in [-0.3, -0.25) is 14.5 Å². The van der Waals surface area contributed by atoms with Crippen molar-refractivity contribution in [2.45, 2.75) is 39.3 Å². The van der Waals surface area contributed by atoms with E-state index < -0.39 is 23.3 Å². The summed E-state index contributed by atoms with van der Waals surface area (Å²) >= 11 is 1.05. The highest BCUT2D eigenvalue weighted by molar-refractivity contribution is 7.03.